The van der Waals surface area contributed by atoms with Crippen molar-refractivity contribution in [3.63, 3.8) is 0 Å². The van der Waals surface area contributed by atoms with E-state index in [9.17, 15) is 0 Å². The van der Waals surface area contributed by atoms with Gasteiger partial charge in [-0.3, -0.25) is 0 Å². The molecular formula is C10H17N3S. The molecule has 0 bridgehead atoms. The van der Waals surface area contributed by atoms with Crippen molar-refractivity contribution in [2.75, 3.05) is 12.3 Å². The summed E-state index contributed by atoms with van der Waals surface area (Å²) in [5.74, 6) is 1.02. The fourth-order valence-corrected chi connectivity index (χ4v) is 1.73. The van der Waals surface area contributed by atoms with Crippen LogP contribution in [0.5, 0.6) is 0 Å². The molecule has 0 aliphatic heterocycles. The highest BCUT2D eigenvalue weighted by molar-refractivity contribution is 7.99. The number of thioether (sulfide) groups is 1. The number of aryl methyl sites for hydroxylation is 1. The first-order chi connectivity index (χ1) is 6.68. The molecule has 1 rings (SSSR count). The van der Waals surface area contributed by atoms with Crippen molar-refractivity contribution < 1.29 is 0 Å². The van der Waals surface area contributed by atoms with Gasteiger partial charge in [-0.25, -0.2) is 9.97 Å². The second-order valence-electron chi connectivity index (χ2n) is 3.44. The minimum atomic E-state index is 0.550. The topological polar surface area (TPSA) is 37.8 Å². The van der Waals surface area contributed by atoms with Gasteiger partial charge in [-0.2, -0.15) is 0 Å². The SMILES string of the molecule is Cc1ccnc(SCCNC(C)C)n1. The summed E-state index contributed by atoms with van der Waals surface area (Å²) in [7, 11) is 0. The van der Waals surface area contributed by atoms with Crippen molar-refractivity contribution in [1.82, 2.24) is 15.3 Å². The van der Waals surface area contributed by atoms with E-state index < -0.39 is 0 Å². The molecule has 0 aromatic carbocycles. The average Bonchev–Trinajstić information content (AvgIpc) is 2.12. The van der Waals surface area contributed by atoms with Crippen LogP contribution in [-0.2, 0) is 0 Å². The Bertz CT molecular complexity index is 276. The summed E-state index contributed by atoms with van der Waals surface area (Å²) in [4.78, 5) is 8.49. The predicted molar refractivity (Wildman–Crippen MR) is 60.6 cm³/mol. The molecule has 0 atom stereocenters. The molecule has 1 N–H and O–H groups in total. The van der Waals surface area contributed by atoms with Crippen LogP contribution < -0.4 is 5.32 Å². The summed E-state index contributed by atoms with van der Waals surface area (Å²) in [5.41, 5.74) is 1.03. The third-order valence-electron chi connectivity index (χ3n) is 1.66. The van der Waals surface area contributed by atoms with Gasteiger partial charge in [0, 0.05) is 30.2 Å². The molecule has 0 unspecified atom stereocenters. The van der Waals surface area contributed by atoms with Crippen LogP contribution >= 0.6 is 11.8 Å². The van der Waals surface area contributed by atoms with Gasteiger partial charge in [0.25, 0.3) is 0 Å². The molecule has 0 aliphatic rings. The molecule has 1 heterocycles. The Balaban J connectivity index is 2.25. The highest BCUT2D eigenvalue weighted by Gasteiger charge is 1.97. The van der Waals surface area contributed by atoms with Gasteiger partial charge < -0.3 is 5.32 Å². The van der Waals surface area contributed by atoms with E-state index >= 15 is 0 Å². The Morgan fingerprint density at radius 3 is 2.93 bits per heavy atom. The Morgan fingerprint density at radius 1 is 1.50 bits per heavy atom. The molecule has 0 saturated carbocycles. The number of rotatable bonds is 5. The second kappa shape index (κ2) is 5.98. The lowest BCUT2D eigenvalue weighted by molar-refractivity contribution is 0.615. The molecule has 4 heteroatoms. The van der Waals surface area contributed by atoms with Crippen LogP contribution in [0.15, 0.2) is 17.4 Å². The first-order valence-electron chi connectivity index (χ1n) is 4.84. The largest absolute Gasteiger partial charge is 0.314 e. The maximum atomic E-state index is 4.31. The third-order valence-corrected chi connectivity index (χ3v) is 2.52. The first-order valence-corrected chi connectivity index (χ1v) is 5.83. The van der Waals surface area contributed by atoms with Crippen LogP contribution in [0.4, 0.5) is 0 Å². The van der Waals surface area contributed by atoms with E-state index in [-0.39, 0.29) is 0 Å². The number of hydrogen-bond acceptors (Lipinski definition) is 4. The average molecular weight is 211 g/mol. The van der Waals surface area contributed by atoms with E-state index in [0.29, 0.717) is 6.04 Å². The number of aromatic nitrogens is 2. The van der Waals surface area contributed by atoms with Crippen molar-refractivity contribution in [2.45, 2.75) is 32.0 Å². The molecule has 0 fully saturated rings. The fourth-order valence-electron chi connectivity index (χ4n) is 0.985. The normalized spacial score (nSPS) is 10.9. The Hall–Kier alpha value is -0.610. The first kappa shape index (κ1) is 11.5. The van der Waals surface area contributed by atoms with Gasteiger partial charge in [-0.15, -0.1) is 0 Å². The fraction of sp³-hybridized carbons (Fsp3) is 0.600. The maximum Gasteiger partial charge on any atom is 0.187 e. The molecule has 14 heavy (non-hydrogen) atoms. The van der Waals surface area contributed by atoms with Gasteiger partial charge in [-0.05, 0) is 13.0 Å². The van der Waals surface area contributed by atoms with Gasteiger partial charge in [0.1, 0.15) is 0 Å². The highest BCUT2D eigenvalue weighted by Crippen LogP contribution is 2.10. The summed E-state index contributed by atoms with van der Waals surface area (Å²) in [6, 6.07) is 2.46. The van der Waals surface area contributed by atoms with Crippen LogP contribution in [0.1, 0.15) is 19.5 Å². The minimum absolute atomic E-state index is 0.550. The molecule has 1 aromatic heterocycles. The summed E-state index contributed by atoms with van der Waals surface area (Å²) in [6.45, 7) is 7.28. The Morgan fingerprint density at radius 2 is 2.29 bits per heavy atom. The van der Waals surface area contributed by atoms with E-state index in [2.05, 4.69) is 29.1 Å². The molecule has 0 radical (unpaired) electrons. The zero-order valence-corrected chi connectivity index (χ0v) is 9.77. The Kier molecular flexibility index (Phi) is 4.90. The molecule has 0 amide bonds. The number of hydrogen-bond donors (Lipinski definition) is 1. The zero-order chi connectivity index (χ0) is 10.4. The molecule has 3 nitrogen and oxygen atoms in total. The van der Waals surface area contributed by atoms with Gasteiger partial charge in [0.05, 0.1) is 0 Å². The lowest BCUT2D eigenvalue weighted by Crippen LogP contribution is -2.25. The molecule has 0 saturated heterocycles. The molecular weight excluding hydrogens is 194 g/mol. The zero-order valence-electron chi connectivity index (χ0n) is 8.95. The van der Waals surface area contributed by atoms with E-state index in [0.717, 1.165) is 23.1 Å². The van der Waals surface area contributed by atoms with E-state index in [1.807, 2.05) is 13.0 Å². The highest BCUT2D eigenvalue weighted by atomic mass is 32.2. The standard InChI is InChI=1S/C10H17N3S/c1-8(2)11-6-7-14-10-12-5-4-9(3)13-10/h4-5,8,11H,6-7H2,1-3H3. The van der Waals surface area contributed by atoms with Crippen molar-refractivity contribution in [1.29, 1.82) is 0 Å². The Labute approximate surface area is 89.7 Å². The molecule has 0 spiro atoms. The second-order valence-corrected chi connectivity index (χ2v) is 4.50. The van der Waals surface area contributed by atoms with Gasteiger partial charge >= 0.3 is 0 Å². The van der Waals surface area contributed by atoms with Crippen molar-refractivity contribution in [2.24, 2.45) is 0 Å². The van der Waals surface area contributed by atoms with Gasteiger partial charge in [-0.1, -0.05) is 25.6 Å². The van der Waals surface area contributed by atoms with Crippen molar-refractivity contribution in [3.8, 4) is 0 Å². The van der Waals surface area contributed by atoms with Crippen LogP contribution in [-0.4, -0.2) is 28.3 Å². The predicted octanol–water partition coefficient (Wildman–Crippen LogP) is 1.88. The monoisotopic (exact) mass is 211 g/mol. The summed E-state index contributed by atoms with van der Waals surface area (Å²) in [5, 5.41) is 4.22. The molecule has 0 aliphatic carbocycles. The number of nitrogens with zero attached hydrogens (tertiary/aromatic N) is 2. The maximum absolute atomic E-state index is 4.31. The minimum Gasteiger partial charge on any atom is -0.314 e. The third kappa shape index (κ3) is 4.58. The summed E-state index contributed by atoms with van der Waals surface area (Å²) in [6.07, 6.45) is 1.81. The summed E-state index contributed by atoms with van der Waals surface area (Å²) >= 11 is 1.69. The van der Waals surface area contributed by atoms with E-state index in [1.54, 1.807) is 18.0 Å². The molecule has 78 valence electrons. The van der Waals surface area contributed by atoms with Crippen molar-refractivity contribution in [3.05, 3.63) is 18.0 Å². The quantitative estimate of drug-likeness (QED) is 0.458. The molecule has 1 aromatic rings. The lowest BCUT2D eigenvalue weighted by atomic mass is 10.4. The van der Waals surface area contributed by atoms with Crippen LogP contribution in [0.25, 0.3) is 0 Å². The number of nitrogens with one attached hydrogen (secondary N) is 1. The van der Waals surface area contributed by atoms with Crippen LogP contribution in [0.2, 0.25) is 0 Å². The van der Waals surface area contributed by atoms with Crippen LogP contribution in [0.3, 0.4) is 0 Å². The van der Waals surface area contributed by atoms with Crippen molar-refractivity contribution >= 4 is 11.8 Å². The lowest BCUT2D eigenvalue weighted by Gasteiger charge is -2.06. The smallest absolute Gasteiger partial charge is 0.187 e. The van der Waals surface area contributed by atoms with Gasteiger partial charge in [0.2, 0.25) is 0 Å². The van der Waals surface area contributed by atoms with Crippen LogP contribution in [0, 0.1) is 6.92 Å². The van der Waals surface area contributed by atoms with E-state index in [4.69, 9.17) is 0 Å². The van der Waals surface area contributed by atoms with Gasteiger partial charge in [0.15, 0.2) is 5.16 Å². The summed E-state index contributed by atoms with van der Waals surface area (Å²) < 4.78 is 0. The van der Waals surface area contributed by atoms with E-state index in [1.165, 1.54) is 0 Å².